The van der Waals surface area contributed by atoms with Crippen LogP contribution in [0.5, 0.6) is 0 Å². The first-order chi connectivity index (χ1) is 5.09. The molecule has 0 aromatic heterocycles. The minimum atomic E-state index is -0.249. The van der Waals surface area contributed by atoms with Crippen molar-refractivity contribution in [2.45, 2.75) is 46.1 Å². The summed E-state index contributed by atoms with van der Waals surface area (Å²) in [5.74, 6) is 0.487. The molecule has 0 rings (SSSR count). The Balaban J connectivity index is 3.64. The van der Waals surface area contributed by atoms with Crippen molar-refractivity contribution in [3.05, 3.63) is 0 Å². The standard InChI is InChI=1S/C9H19NO/c1-4-5-6-8(11)9(10)7(2)3/h7,9H,4-6,10H2,1-3H3/t9-/m1/s1. The highest BCUT2D eigenvalue weighted by Crippen LogP contribution is 2.04. The molecule has 0 aromatic carbocycles. The Hall–Kier alpha value is -0.370. The molecule has 0 amide bonds. The lowest BCUT2D eigenvalue weighted by molar-refractivity contribution is -0.121. The molecule has 0 bridgehead atoms. The van der Waals surface area contributed by atoms with Crippen LogP contribution in [0.3, 0.4) is 0 Å². The van der Waals surface area contributed by atoms with Crippen molar-refractivity contribution in [2.24, 2.45) is 11.7 Å². The van der Waals surface area contributed by atoms with Gasteiger partial charge >= 0.3 is 0 Å². The van der Waals surface area contributed by atoms with Gasteiger partial charge in [0.1, 0.15) is 5.78 Å². The zero-order chi connectivity index (χ0) is 8.85. The summed E-state index contributed by atoms with van der Waals surface area (Å²) < 4.78 is 0. The molecule has 2 N–H and O–H groups in total. The maximum Gasteiger partial charge on any atom is 0.149 e. The summed E-state index contributed by atoms with van der Waals surface area (Å²) in [7, 11) is 0. The van der Waals surface area contributed by atoms with E-state index in [1.54, 1.807) is 0 Å². The average molecular weight is 157 g/mol. The molecular formula is C9H19NO. The Bertz CT molecular complexity index is 121. The first kappa shape index (κ1) is 10.6. The number of nitrogens with two attached hydrogens (primary N) is 1. The molecule has 0 saturated carbocycles. The van der Waals surface area contributed by atoms with Crippen LogP contribution in [0, 0.1) is 5.92 Å². The SMILES string of the molecule is CCCCC(=O)[C@H](N)C(C)C. The molecule has 0 aliphatic carbocycles. The van der Waals surface area contributed by atoms with Gasteiger partial charge in [0.15, 0.2) is 0 Å². The van der Waals surface area contributed by atoms with E-state index < -0.39 is 0 Å². The van der Waals surface area contributed by atoms with Gasteiger partial charge < -0.3 is 5.73 Å². The molecule has 0 fully saturated rings. The fraction of sp³-hybridized carbons (Fsp3) is 0.889. The topological polar surface area (TPSA) is 43.1 Å². The van der Waals surface area contributed by atoms with Crippen LogP contribution in [0.15, 0.2) is 0 Å². The lowest BCUT2D eigenvalue weighted by Gasteiger charge is -2.13. The van der Waals surface area contributed by atoms with Crippen molar-refractivity contribution in [3.8, 4) is 0 Å². The van der Waals surface area contributed by atoms with Crippen molar-refractivity contribution < 1.29 is 4.79 Å². The first-order valence-corrected chi connectivity index (χ1v) is 4.37. The summed E-state index contributed by atoms with van der Waals surface area (Å²) in [6.07, 6.45) is 2.69. The molecule has 0 aromatic rings. The van der Waals surface area contributed by atoms with Gasteiger partial charge in [0.25, 0.3) is 0 Å². The second kappa shape index (κ2) is 5.30. The molecule has 2 heteroatoms. The lowest BCUT2D eigenvalue weighted by Crippen LogP contribution is -2.35. The van der Waals surface area contributed by atoms with Gasteiger partial charge in [-0.3, -0.25) is 4.79 Å². The number of unbranched alkanes of at least 4 members (excludes halogenated alkanes) is 1. The van der Waals surface area contributed by atoms with E-state index in [-0.39, 0.29) is 17.7 Å². The molecule has 11 heavy (non-hydrogen) atoms. The van der Waals surface area contributed by atoms with Gasteiger partial charge in [-0.2, -0.15) is 0 Å². The van der Waals surface area contributed by atoms with E-state index in [1.165, 1.54) is 0 Å². The summed E-state index contributed by atoms with van der Waals surface area (Å²) in [5.41, 5.74) is 5.65. The third-order valence-electron chi connectivity index (χ3n) is 1.87. The Morgan fingerprint density at radius 3 is 2.36 bits per heavy atom. The second-order valence-electron chi connectivity index (χ2n) is 3.34. The van der Waals surface area contributed by atoms with Gasteiger partial charge in [-0.1, -0.05) is 27.2 Å². The molecule has 66 valence electrons. The number of carbonyl (C=O) groups is 1. The number of hydrogen-bond donors (Lipinski definition) is 1. The Morgan fingerprint density at radius 2 is 2.00 bits per heavy atom. The van der Waals surface area contributed by atoms with Crippen molar-refractivity contribution in [3.63, 3.8) is 0 Å². The Kier molecular flexibility index (Phi) is 5.12. The van der Waals surface area contributed by atoms with E-state index in [9.17, 15) is 4.79 Å². The maximum absolute atomic E-state index is 11.2. The normalized spacial score (nSPS) is 13.5. The zero-order valence-corrected chi connectivity index (χ0v) is 7.76. The Morgan fingerprint density at radius 1 is 1.45 bits per heavy atom. The molecule has 0 heterocycles. The maximum atomic E-state index is 11.2. The van der Waals surface area contributed by atoms with Crippen molar-refractivity contribution in [1.82, 2.24) is 0 Å². The van der Waals surface area contributed by atoms with Crippen LogP contribution in [0.1, 0.15) is 40.0 Å². The highest BCUT2D eigenvalue weighted by atomic mass is 16.1. The van der Waals surface area contributed by atoms with Gasteiger partial charge in [-0.05, 0) is 12.3 Å². The predicted octanol–water partition coefficient (Wildman–Crippen LogP) is 1.73. The number of Topliss-reactive ketones (excluding diaryl/α,β-unsaturated/α-hetero) is 1. The van der Waals surface area contributed by atoms with Crippen molar-refractivity contribution >= 4 is 5.78 Å². The van der Waals surface area contributed by atoms with Crippen molar-refractivity contribution in [1.29, 1.82) is 0 Å². The molecule has 0 saturated heterocycles. The molecule has 0 unspecified atom stereocenters. The van der Waals surface area contributed by atoms with Crippen LogP contribution < -0.4 is 5.73 Å². The molecule has 1 atom stereocenters. The van der Waals surface area contributed by atoms with Gasteiger partial charge in [-0.25, -0.2) is 0 Å². The summed E-state index contributed by atoms with van der Waals surface area (Å²) in [6.45, 7) is 6.04. The minimum Gasteiger partial charge on any atom is -0.321 e. The zero-order valence-electron chi connectivity index (χ0n) is 7.76. The highest BCUT2D eigenvalue weighted by Gasteiger charge is 2.15. The van der Waals surface area contributed by atoms with Crippen LogP contribution in [-0.2, 0) is 4.79 Å². The van der Waals surface area contributed by atoms with Crippen molar-refractivity contribution in [2.75, 3.05) is 0 Å². The van der Waals surface area contributed by atoms with Crippen LogP contribution in [-0.4, -0.2) is 11.8 Å². The fourth-order valence-electron chi connectivity index (χ4n) is 0.889. The average Bonchev–Trinajstić information content (AvgIpc) is 1.98. The van der Waals surface area contributed by atoms with Crippen LogP contribution in [0.4, 0.5) is 0 Å². The van der Waals surface area contributed by atoms with Gasteiger partial charge in [-0.15, -0.1) is 0 Å². The van der Waals surface area contributed by atoms with Crippen LogP contribution in [0.25, 0.3) is 0 Å². The van der Waals surface area contributed by atoms with E-state index in [1.807, 2.05) is 13.8 Å². The molecule has 0 radical (unpaired) electrons. The third kappa shape index (κ3) is 4.14. The largest absolute Gasteiger partial charge is 0.321 e. The van der Waals surface area contributed by atoms with E-state index in [2.05, 4.69) is 6.92 Å². The lowest BCUT2D eigenvalue weighted by atomic mass is 9.98. The number of carbonyl (C=O) groups excluding carboxylic acids is 1. The summed E-state index contributed by atoms with van der Waals surface area (Å²) in [6, 6.07) is -0.249. The molecule has 2 nitrogen and oxygen atoms in total. The number of rotatable bonds is 5. The van der Waals surface area contributed by atoms with Gasteiger partial charge in [0.05, 0.1) is 6.04 Å². The molecule has 0 spiro atoms. The smallest absolute Gasteiger partial charge is 0.149 e. The summed E-state index contributed by atoms with van der Waals surface area (Å²) >= 11 is 0. The van der Waals surface area contributed by atoms with Gasteiger partial charge in [0, 0.05) is 6.42 Å². The van der Waals surface area contributed by atoms with E-state index >= 15 is 0 Å². The van der Waals surface area contributed by atoms with E-state index in [4.69, 9.17) is 5.73 Å². The number of hydrogen-bond acceptors (Lipinski definition) is 2. The molecule has 0 aliphatic heterocycles. The third-order valence-corrected chi connectivity index (χ3v) is 1.87. The van der Waals surface area contributed by atoms with Gasteiger partial charge in [0.2, 0.25) is 0 Å². The fourth-order valence-corrected chi connectivity index (χ4v) is 0.889. The predicted molar refractivity (Wildman–Crippen MR) is 47.3 cm³/mol. The van der Waals surface area contributed by atoms with E-state index in [0.29, 0.717) is 6.42 Å². The quantitative estimate of drug-likeness (QED) is 0.660. The van der Waals surface area contributed by atoms with E-state index in [0.717, 1.165) is 12.8 Å². The van der Waals surface area contributed by atoms with Crippen LogP contribution in [0.2, 0.25) is 0 Å². The highest BCUT2D eigenvalue weighted by molar-refractivity contribution is 5.83. The minimum absolute atomic E-state index is 0.210. The summed E-state index contributed by atoms with van der Waals surface area (Å²) in [4.78, 5) is 11.2. The number of ketones is 1. The monoisotopic (exact) mass is 157 g/mol. The Labute approximate surface area is 69.2 Å². The first-order valence-electron chi connectivity index (χ1n) is 4.37. The second-order valence-corrected chi connectivity index (χ2v) is 3.34. The summed E-state index contributed by atoms with van der Waals surface area (Å²) in [5, 5.41) is 0. The van der Waals surface area contributed by atoms with Crippen LogP contribution >= 0.6 is 0 Å². The molecule has 0 aliphatic rings. The molecular weight excluding hydrogens is 138 g/mol.